The van der Waals surface area contributed by atoms with Gasteiger partial charge in [0.2, 0.25) is 5.88 Å². The number of nitrogens with two attached hydrogens (primary N) is 1. The van der Waals surface area contributed by atoms with E-state index in [1.54, 1.807) is 13.0 Å². The van der Waals surface area contributed by atoms with Gasteiger partial charge in [-0.05, 0) is 12.5 Å². The summed E-state index contributed by atoms with van der Waals surface area (Å²) in [6.45, 7) is 1.75. The fourth-order valence-electron chi connectivity index (χ4n) is 2.79. The molecule has 0 aliphatic carbocycles. The highest BCUT2D eigenvalue weighted by molar-refractivity contribution is 5.92. The number of rotatable bonds is 2. The molecule has 1 aliphatic heterocycles. The van der Waals surface area contributed by atoms with Crippen LogP contribution < -0.4 is 16.0 Å². The number of pyridine rings is 1. The van der Waals surface area contributed by atoms with Crippen LogP contribution in [-0.2, 0) is 9.53 Å². The second-order valence-corrected chi connectivity index (χ2v) is 5.27. The van der Waals surface area contributed by atoms with E-state index >= 15 is 0 Å². The van der Waals surface area contributed by atoms with Crippen LogP contribution >= 0.6 is 0 Å². The Labute approximate surface area is 132 Å². The quantitative estimate of drug-likeness (QED) is 0.821. The first-order valence-corrected chi connectivity index (χ1v) is 7.07. The number of carbonyl (C=O) groups is 1. The predicted octanol–water partition coefficient (Wildman–Crippen LogP) is 1.55. The monoisotopic (exact) mass is 312 g/mol. The van der Waals surface area contributed by atoms with Crippen molar-refractivity contribution >= 4 is 5.97 Å². The molecule has 0 spiro atoms. The molecule has 6 heteroatoms. The van der Waals surface area contributed by atoms with Gasteiger partial charge in [0.15, 0.2) is 0 Å². The number of carbonyl (C=O) groups excluding carboxylic acids is 1. The molecule has 0 saturated heterocycles. The standard InChI is InChI=1S/C17H16N2O4/c1-9-8-11-13(16(20)19-9)12(10-6-4-3-5-7-10)14(15(18)23-11)17(21)22-2/h3-8,12H,18H2,1-2H3,(H,19,20). The minimum absolute atomic E-state index is 0.0526. The van der Waals surface area contributed by atoms with Gasteiger partial charge in [-0.3, -0.25) is 4.79 Å². The molecule has 3 N–H and O–H groups in total. The highest BCUT2D eigenvalue weighted by atomic mass is 16.5. The highest BCUT2D eigenvalue weighted by Crippen LogP contribution is 2.40. The lowest BCUT2D eigenvalue weighted by molar-refractivity contribution is -0.136. The van der Waals surface area contributed by atoms with Crippen LogP contribution in [0.2, 0.25) is 0 Å². The number of benzene rings is 1. The maximum absolute atomic E-state index is 12.5. The molecule has 1 aromatic carbocycles. The van der Waals surface area contributed by atoms with Gasteiger partial charge in [0.25, 0.3) is 5.56 Å². The van der Waals surface area contributed by atoms with Gasteiger partial charge in [-0.25, -0.2) is 4.79 Å². The number of aryl methyl sites for hydroxylation is 1. The lowest BCUT2D eigenvalue weighted by Gasteiger charge is -2.27. The minimum Gasteiger partial charge on any atom is -0.465 e. The van der Waals surface area contributed by atoms with Gasteiger partial charge in [0, 0.05) is 11.8 Å². The Morgan fingerprint density at radius 2 is 2.00 bits per heavy atom. The zero-order chi connectivity index (χ0) is 16.6. The van der Waals surface area contributed by atoms with Crippen molar-refractivity contribution < 1.29 is 14.3 Å². The zero-order valence-electron chi connectivity index (χ0n) is 12.8. The van der Waals surface area contributed by atoms with Crippen molar-refractivity contribution in [2.24, 2.45) is 5.73 Å². The predicted molar refractivity (Wildman–Crippen MR) is 83.9 cm³/mol. The Morgan fingerprint density at radius 1 is 1.30 bits per heavy atom. The van der Waals surface area contributed by atoms with Crippen LogP contribution in [0.3, 0.4) is 0 Å². The van der Waals surface area contributed by atoms with Crippen molar-refractivity contribution in [2.45, 2.75) is 12.8 Å². The van der Waals surface area contributed by atoms with Crippen molar-refractivity contribution in [3.63, 3.8) is 0 Å². The Kier molecular flexibility index (Phi) is 3.65. The number of methoxy groups -OCH3 is 1. The Bertz CT molecular complexity index is 853. The number of hydrogen-bond donors (Lipinski definition) is 2. The summed E-state index contributed by atoms with van der Waals surface area (Å²) >= 11 is 0. The first-order valence-electron chi connectivity index (χ1n) is 7.07. The van der Waals surface area contributed by atoms with Gasteiger partial charge in [0.1, 0.15) is 11.3 Å². The van der Waals surface area contributed by atoms with Crippen LogP contribution in [0.5, 0.6) is 5.75 Å². The number of fused-ring (bicyclic) bond motifs is 1. The third-order valence-corrected chi connectivity index (χ3v) is 3.77. The van der Waals surface area contributed by atoms with Gasteiger partial charge in [-0.15, -0.1) is 0 Å². The minimum atomic E-state index is -0.642. The fourth-order valence-corrected chi connectivity index (χ4v) is 2.79. The SMILES string of the molecule is COC(=O)C1=C(N)Oc2cc(C)[nH]c(=O)c2C1c1ccccc1. The summed E-state index contributed by atoms with van der Waals surface area (Å²) in [5.74, 6) is -0.966. The van der Waals surface area contributed by atoms with Gasteiger partial charge < -0.3 is 20.2 Å². The molecule has 23 heavy (non-hydrogen) atoms. The molecule has 0 saturated carbocycles. The lowest BCUT2D eigenvalue weighted by atomic mass is 9.83. The summed E-state index contributed by atoms with van der Waals surface area (Å²) in [6.07, 6.45) is 0. The van der Waals surface area contributed by atoms with Crippen LogP contribution in [0.25, 0.3) is 0 Å². The largest absolute Gasteiger partial charge is 0.465 e. The van der Waals surface area contributed by atoms with Crippen molar-refractivity contribution in [3.05, 3.63) is 75.0 Å². The van der Waals surface area contributed by atoms with E-state index in [-0.39, 0.29) is 17.0 Å². The highest BCUT2D eigenvalue weighted by Gasteiger charge is 2.37. The van der Waals surface area contributed by atoms with Crippen LogP contribution in [0.1, 0.15) is 22.7 Å². The summed E-state index contributed by atoms with van der Waals surface area (Å²) in [6, 6.07) is 10.9. The van der Waals surface area contributed by atoms with E-state index in [0.717, 1.165) is 5.56 Å². The van der Waals surface area contributed by atoms with Gasteiger partial charge >= 0.3 is 5.97 Å². The van der Waals surface area contributed by atoms with E-state index in [1.165, 1.54) is 7.11 Å². The second-order valence-electron chi connectivity index (χ2n) is 5.27. The molecule has 0 bridgehead atoms. The van der Waals surface area contributed by atoms with E-state index in [2.05, 4.69) is 4.98 Å². The molecule has 1 aliphatic rings. The van der Waals surface area contributed by atoms with Crippen molar-refractivity contribution in [1.29, 1.82) is 0 Å². The summed E-state index contributed by atoms with van der Waals surface area (Å²) in [4.78, 5) is 27.4. The van der Waals surface area contributed by atoms with E-state index in [9.17, 15) is 9.59 Å². The van der Waals surface area contributed by atoms with Crippen molar-refractivity contribution in [3.8, 4) is 5.75 Å². The van der Waals surface area contributed by atoms with Crippen LogP contribution in [0, 0.1) is 6.92 Å². The smallest absolute Gasteiger partial charge is 0.340 e. The normalized spacial score (nSPS) is 16.5. The van der Waals surface area contributed by atoms with Crippen LogP contribution in [0.15, 0.2) is 52.6 Å². The first kappa shape index (κ1) is 14.9. The summed E-state index contributed by atoms with van der Waals surface area (Å²) in [7, 11) is 1.26. The molecular formula is C17H16N2O4. The number of H-pyrrole nitrogens is 1. The van der Waals surface area contributed by atoms with Gasteiger partial charge in [0.05, 0.1) is 18.6 Å². The third-order valence-electron chi connectivity index (χ3n) is 3.77. The van der Waals surface area contributed by atoms with E-state index in [4.69, 9.17) is 15.2 Å². The summed E-state index contributed by atoms with van der Waals surface area (Å²) in [5, 5.41) is 0. The third kappa shape index (κ3) is 2.48. The van der Waals surface area contributed by atoms with Crippen LogP contribution in [-0.4, -0.2) is 18.1 Å². The molecule has 0 fully saturated rings. The van der Waals surface area contributed by atoms with Gasteiger partial charge in [-0.1, -0.05) is 30.3 Å². The maximum atomic E-state index is 12.5. The Hall–Kier alpha value is -3.02. The maximum Gasteiger partial charge on any atom is 0.340 e. The average molecular weight is 312 g/mol. The Morgan fingerprint density at radius 3 is 2.65 bits per heavy atom. The molecule has 1 unspecified atom stereocenters. The van der Waals surface area contributed by atoms with Crippen molar-refractivity contribution in [1.82, 2.24) is 4.98 Å². The molecule has 6 nitrogen and oxygen atoms in total. The van der Waals surface area contributed by atoms with Crippen molar-refractivity contribution in [2.75, 3.05) is 7.11 Å². The average Bonchev–Trinajstić information content (AvgIpc) is 2.53. The lowest BCUT2D eigenvalue weighted by Crippen LogP contribution is -2.31. The number of aromatic nitrogens is 1. The molecular weight excluding hydrogens is 296 g/mol. The summed E-state index contributed by atoms with van der Waals surface area (Å²) in [5.41, 5.74) is 7.50. The molecule has 2 heterocycles. The number of esters is 1. The van der Waals surface area contributed by atoms with Gasteiger partial charge in [-0.2, -0.15) is 0 Å². The molecule has 2 aromatic rings. The van der Waals surface area contributed by atoms with E-state index in [1.807, 2.05) is 30.3 Å². The molecule has 0 radical (unpaired) electrons. The number of hydrogen-bond acceptors (Lipinski definition) is 5. The molecule has 1 aromatic heterocycles. The Balaban J connectivity index is 2.31. The van der Waals surface area contributed by atoms with E-state index < -0.39 is 11.9 Å². The molecule has 118 valence electrons. The number of aromatic amines is 1. The molecule has 0 amide bonds. The fraction of sp³-hybridized carbons (Fsp3) is 0.176. The second kappa shape index (κ2) is 5.64. The van der Waals surface area contributed by atoms with Crippen LogP contribution in [0.4, 0.5) is 0 Å². The molecule has 3 rings (SSSR count). The number of ether oxygens (including phenoxy) is 2. The zero-order valence-corrected chi connectivity index (χ0v) is 12.8. The topological polar surface area (TPSA) is 94.4 Å². The number of nitrogens with one attached hydrogen (secondary N) is 1. The summed E-state index contributed by atoms with van der Waals surface area (Å²) < 4.78 is 10.3. The first-order chi connectivity index (χ1) is 11.0. The molecule has 1 atom stereocenters. The van der Waals surface area contributed by atoms with E-state index in [0.29, 0.717) is 17.0 Å².